The first-order chi connectivity index (χ1) is 10.2. The number of methoxy groups -OCH3 is 1. The molecule has 2 aliphatic rings. The van der Waals surface area contributed by atoms with Gasteiger partial charge >= 0.3 is 5.97 Å². The highest BCUT2D eigenvalue weighted by Gasteiger charge is 2.55. The Bertz CT molecular complexity index is 537. The summed E-state index contributed by atoms with van der Waals surface area (Å²) in [6.07, 6.45) is 6.41. The highest BCUT2D eigenvalue weighted by atomic mass is 16.5. The fourth-order valence-electron chi connectivity index (χ4n) is 3.71. The van der Waals surface area contributed by atoms with Gasteiger partial charge in [-0.15, -0.1) is 0 Å². The largest absolute Gasteiger partial charge is 0.477 e. The molecule has 2 heterocycles. The normalized spacial score (nSPS) is 27.5. The van der Waals surface area contributed by atoms with E-state index in [1.807, 2.05) is 6.92 Å². The van der Waals surface area contributed by atoms with Gasteiger partial charge in [0, 0.05) is 13.1 Å². The van der Waals surface area contributed by atoms with Crippen molar-refractivity contribution < 1.29 is 14.3 Å². The van der Waals surface area contributed by atoms with Gasteiger partial charge in [0.15, 0.2) is 5.82 Å². The molecule has 1 saturated carbocycles. The second-order valence-electron chi connectivity index (χ2n) is 5.77. The third kappa shape index (κ3) is 2.32. The molecule has 114 valence electrons. The van der Waals surface area contributed by atoms with Crippen molar-refractivity contribution in [2.45, 2.75) is 26.2 Å². The van der Waals surface area contributed by atoms with Crippen LogP contribution in [0.2, 0.25) is 0 Å². The van der Waals surface area contributed by atoms with Crippen LogP contribution in [0.5, 0.6) is 5.88 Å². The van der Waals surface area contributed by atoms with Gasteiger partial charge in [-0.2, -0.15) is 4.98 Å². The minimum Gasteiger partial charge on any atom is -0.477 e. The van der Waals surface area contributed by atoms with Crippen LogP contribution in [0.25, 0.3) is 0 Å². The van der Waals surface area contributed by atoms with E-state index >= 15 is 0 Å². The second kappa shape index (κ2) is 5.50. The van der Waals surface area contributed by atoms with Crippen LogP contribution >= 0.6 is 0 Å². The van der Waals surface area contributed by atoms with Crippen molar-refractivity contribution in [3.63, 3.8) is 0 Å². The molecule has 0 amide bonds. The smallest absolute Gasteiger partial charge is 0.313 e. The van der Waals surface area contributed by atoms with Gasteiger partial charge in [0.1, 0.15) is 0 Å². The molecular formula is C15H21N3O3. The average Bonchev–Trinajstić information content (AvgIpc) is 3.05. The van der Waals surface area contributed by atoms with Crippen molar-refractivity contribution in [3.8, 4) is 5.88 Å². The Balaban J connectivity index is 1.83. The Kier molecular flexibility index (Phi) is 3.69. The SMILES string of the molecule is CCOc1cncc(N2CC3CCCC3(C(=O)OC)C2)n1. The van der Waals surface area contributed by atoms with E-state index in [0.29, 0.717) is 24.9 Å². The summed E-state index contributed by atoms with van der Waals surface area (Å²) in [5, 5.41) is 0. The highest BCUT2D eigenvalue weighted by molar-refractivity contribution is 5.79. The van der Waals surface area contributed by atoms with Crippen LogP contribution in [0.15, 0.2) is 12.4 Å². The summed E-state index contributed by atoms with van der Waals surface area (Å²) in [5.41, 5.74) is -0.363. The molecule has 3 rings (SSSR count). The summed E-state index contributed by atoms with van der Waals surface area (Å²) < 4.78 is 10.5. The number of anilines is 1. The highest BCUT2D eigenvalue weighted by Crippen LogP contribution is 2.50. The van der Waals surface area contributed by atoms with Gasteiger partial charge in [0.25, 0.3) is 0 Å². The van der Waals surface area contributed by atoms with Gasteiger partial charge in [-0.1, -0.05) is 6.42 Å². The molecule has 6 nitrogen and oxygen atoms in total. The predicted molar refractivity (Wildman–Crippen MR) is 77.2 cm³/mol. The first kappa shape index (κ1) is 14.1. The molecule has 0 radical (unpaired) electrons. The lowest BCUT2D eigenvalue weighted by Crippen LogP contribution is -2.37. The third-order valence-electron chi connectivity index (χ3n) is 4.68. The molecule has 1 aromatic rings. The molecule has 21 heavy (non-hydrogen) atoms. The Morgan fingerprint density at radius 2 is 2.38 bits per heavy atom. The number of fused-ring (bicyclic) bond motifs is 1. The van der Waals surface area contributed by atoms with E-state index in [1.165, 1.54) is 7.11 Å². The van der Waals surface area contributed by atoms with Crippen LogP contribution in [0.3, 0.4) is 0 Å². The standard InChI is InChI=1S/C15H21N3O3/c1-3-21-13-8-16-7-12(17-13)18-9-11-5-4-6-15(11,10-18)14(19)20-2/h7-8,11H,3-6,9-10H2,1-2H3. The lowest BCUT2D eigenvalue weighted by Gasteiger charge is -2.25. The average molecular weight is 291 g/mol. The van der Waals surface area contributed by atoms with E-state index in [9.17, 15) is 4.79 Å². The van der Waals surface area contributed by atoms with Crippen molar-refractivity contribution in [1.82, 2.24) is 9.97 Å². The Labute approximate surface area is 124 Å². The Hall–Kier alpha value is -1.85. The zero-order valence-corrected chi connectivity index (χ0v) is 12.5. The van der Waals surface area contributed by atoms with Crippen LogP contribution in [-0.2, 0) is 9.53 Å². The molecule has 1 aromatic heterocycles. The fraction of sp³-hybridized carbons (Fsp3) is 0.667. The first-order valence-corrected chi connectivity index (χ1v) is 7.48. The predicted octanol–water partition coefficient (Wildman–Crippen LogP) is 1.65. The molecule has 6 heteroatoms. The van der Waals surface area contributed by atoms with Crippen molar-refractivity contribution in [2.24, 2.45) is 11.3 Å². The number of hydrogen-bond donors (Lipinski definition) is 0. The molecule has 1 aliphatic heterocycles. The van der Waals surface area contributed by atoms with Gasteiger partial charge < -0.3 is 14.4 Å². The minimum absolute atomic E-state index is 0.0820. The fourth-order valence-corrected chi connectivity index (χ4v) is 3.71. The summed E-state index contributed by atoms with van der Waals surface area (Å²) in [5.74, 6) is 1.57. The van der Waals surface area contributed by atoms with Crippen LogP contribution in [0, 0.1) is 11.3 Å². The van der Waals surface area contributed by atoms with E-state index in [1.54, 1.807) is 12.4 Å². The molecule has 2 atom stereocenters. The molecule has 0 spiro atoms. The molecule has 0 aromatic carbocycles. The maximum Gasteiger partial charge on any atom is 0.313 e. The molecule has 2 unspecified atom stereocenters. The summed E-state index contributed by atoms with van der Waals surface area (Å²) in [6.45, 7) is 3.97. The van der Waals surface area contributed by atoms with Gasteiger partial charge in [0.05, 0.1) is 31.5 Å². The quantitative estimate of drug-likeness (QED) is 0.786. The van der Waals surface area contributed by atoms with Crippen molar-refractivity contribution in [3.05, 3.63) is 12.4 Å². The zero-order chi connectivity index (χ0) is 14.9. The van der Waals surface area contributed by atoms with Gasteiger partial charge in [-0.05, 0) is 25.7 Å². The number of carbonyl (C=O) groups is 1. The first-order valence-electron chi connectivity index (χ1n) is 7.48. The zero-order valence-electron chi connectivity index (χ0n) is 12.5. The van der Waals surface area contributed by atoms with E-state index in [4.69, 9.17) is 9.47 Å². The molecular weight excluding hydrogens is 270 g/mol. The van der Waals surface area contributed by atoms with Crippen LogP contribution < -0.4 is 9.64 Å². The van der Waals surface area contributed by atoms with Gasteiger partial charge in [-0.25, -0.2) is 0 Å². The number of ether oxygens (including phenoxy) is 2. The second-order valence-corrected chi connectivity index (χ2v) is 5.77. The van der Waals surface area contributed by atoms with Gasteiger partial charge in [0.2, 0.25) is 5.88 Å². The number of rotatable bonds is 4. The number of nitrogens with zero attached hydrogens (tertiary/aromatic N) is 3. The summed E-state index contributed by atoms with van der Waals surface area (Å²) in [4.78, 5) is 23.1. The summed E-state index contributed by atoms with van der Waals surface area (Å²) in [6, 6.07) is 0. The van der Waals surface area contributed by atoms with E-state index in [0.717, 1.165) is 31.6 Å². The number of hydrogen-bond acceptors (Lipinski definition) is 6. The number of aromatic nitrogens is 2. The molecule has 0 bridgehead atoms. The molecule has 1 saturated heterocycles. The van der Waals surface area contributed by atoms with E-state index < -0.39 is 0 Å². The summed E-state index contributed by atoms with van der Waals surface area (Å²) >= 11 is 0. The van der Waals surface area contributed by atoms with Crippen molar-refractivity contribution >= 4 is 11.8 Å². The summed E-state index contributed by atoms with van der Waals surface area (Å²) in [7, 11) is 1.48. The van der Waals surface area contributed by atoms with E-state index in [2.05, 4.69) is 14.9 Å². The monoisotopic (exact) mass is 291 g/mol. The molecule has 1 aliphatic carbocycles. The lowest BCUT2D eigenvalue weighted by atomic mass is 9.81. The molecule has 2 fully saturated rings. The maximum absolute atomic E-state index is 12.3. The molecule has 0 N–H and O–H groups in total. The van der Waals surface area contributed by atoms with Crippen LogP contribution in [0.1, 0.15) is 26.2 Å². The Morgan fingerprint density at radius 3 is 3.14 bits per heavy atom. The van der Waals surface area contributed by atoms with Crippen molar-refractivity contribution in [1.29, 1.82) is 0 Å². The number of esters is 1. The number of carbonyl (C=O) groups excluding carboxylic acids is 1. The third-order valence-corrected chi connectivity index (χ3v) is 4.68. The topological polar surface area (TPSA) is 64.5 Å². The van der Waals surface area contributed by atoms with E-state index in [-0.39, 0.29) is 11.4 Å². The van der Waals surface area contributed by atoms with Gasteiger partial charge in [-0.3, -0.25) is 9.78 Å². The lowest BCUT2D eigenvalue weighted by molar-refractivity contribution is -0.152. The Morgan fingerprint density at radius 1 is 1.52 bits per heavy atom. The van der Waals surface area contributed by atoms with Crippen molar-refractivity contribution in [2.75, 3.05) is 31.7 Å². The van der Waals surface area contributed by atoms with Crippen LogP contribution in [0.4, 0.5) is 5.82 Å². The maximum atomic E-state index is 12.3. The van der Waals surface area contributed by atoms with Crippen LogP contribution in [-0.4, -0.2) is 42.7 Å². The minimum atomic E-state index is -0.363.